The largest absolute Gasteiger partial charge is 0.416 e. The van der Waals surface area contributed by atoms with Crippen molar-refractivity contribution in [1.82, 2.24) is 14.9 Å². The van der Waals surface area contributed by atoms with Crippen LogP contribution in [-0.2, 0) is 28.7 Å². The van der Waals surface area contributed by atoms with E-state index in [1.54, 1.807) is 20.1 Å². The minimum atomic E-state index is -4.40. The molecular weight excluding hydrogens is 433 g/mol. The maximum Gasteiger partial charge on any atom is 0.416 e. The van der Waals surface area contributed by atoms with Crippen LogP contribution in [0.15, 0.2) is 24.3 Å². The number of rotatable bonds is 6. The summed E-state index contributed by atoms with van der Waals surface area (Å²) in [5.41, 5.74) is 1.30. The molecule has 4 rings (SSSR count). The number of hydrogen-bond donors (Lipinski definition) is 0. The number of amides is 1. The zero-order valence-electron chi connectivity index (χ0n) is 19.0. The van der Waals surface area contributed by atoms with Crippen LogP contribution >= 0.6 is 0 Å². The Morgan fingerprint density at radius 2 is 1.88 bits per heavy atom. The maximum absolute atomic E-state index is 13.2. The van der Waals surface area contributed by atoms with Gasteiger partial charge in [-0.2, -0.15) is 13.2 Å². The molecule has 0 bridgehead atoms. The highest BCUT2D eigenvalue weighted by Crippen LogP contribution is 2.32. The molecule has 2 heterocycles. The van der Waals surface area contributed by atoms with Gasteiger partial charge in [-0.25, -0.2) is 9.97 Å². The molecule has 1 amide bonds. The number of ether oxygens (including phenoxy) is 1. The molecule has 33 heavy (non-hydrogen) atoms. The fraction of sp³-hybridized carbons (Fsp3) is 0.542. The van der Waals surface area contributed by atoms with Gasteiger partial charge in [0.15, 0.2) is 0 Å². The van der Waals surface area contributed by atoms with E-state index in [-0.39, 0.29) is 24.9 Å². The topological polar surface area (TPSA) is 58.6 Å². The van der Waals surface area contributed by atoms with E-state index in [0.717, 1.165) is 30.9 Å². The number of piperazine rings is 1. The molecule has 6 nitrogen and oxygen atoms in total. The van der Waals surface area contributed by atoms with Gasteiger partial charge in [0.2, 0.25) is 5.91 Å². The summed E-state index contributed by atoms with van der Waals surface area (Å²) in [5, 5.41) is 0. The molecule has 9 heteroatoms. The number of carbonyl (C=O) groups excluding carboxylic acids is 1. The summed E-state index contributed by atoms with van der Waals surface area (Å²) in [6.45, 7) is 4.51. The molecule has 1 saturated heterocycles. The summed E-state index contributed by atoms with van der Waals surface area (Å²) < 4.78 is 45.0. The lowest BCUT2D eigenvalue weighted by Crippen LogP contribution is -2.51. The Labute approximate surface area is 191 Å². The fourth-order valence-electron chi connectivity index (χ4n) is 4.45. The van der Waals surface area contributed by atoms with E-state index in [0.29, 0.717) is 49.1 Å². The van der Waals surface area contributed by atoms with Gasteiger partial charge in [0.05, 0.1) is 17.9 Å². The first-order chi connectivity index (χ1) is 15.8. The highest BCUT2D eigenvalue weighted by Gasteiger charge is 2.33. The van der Waals surface area contributed by atoms with Crippen LogP contribution in [0.2, 0.25) is 0 Å². The van der Waals surface area contributed by atoms with Crippen LogP contribution in [-0.4, -0.2) is 54.1 Å². The summed E-state index contributed by atoms with van der Waals surface area (Å²) in [7, 11) is 1.57. The standard InChI is InChI=1S/C24H29F3N4O2/c1-16-28-21(15-33-2)20(14-17-5-3-8-19(13-17)24(25,26)27)22(29-16)30-9-11-31(12-10-30)23(32)18-6-4-7-18/h3,5,8,13,18H,4,6-7,9-12,14-15H2,1-2H3. The molecular formula is C24H29F3N4O2. The van der Waals surface area contributed by atoms with Crippen LogP contribution in [0.5, 0.6) is 0 Å². The van der Waals surface area contributed by atoms with Gasteiger partial charge >= 0.3 is 6.18 Å². The SMILES string of the molecule is COCc1nc(C)nc(N2CCN(C(=O)C3CCC3)CC2)c1Cc1cccc(C(F)(F)F)c1. The smallest absolute Gasteiger partial charge is 0.378 e. The molecule has 1 aliphatic carbocycles. The third-order valence-corrected chi connectivity index (χ3v) is 6.44. The van der Waals surface area contributed by atoms with Crippen molar-refractivity contribution in [3.8, 4) is 0 Å². The zero-order chi connectivity index (χ0) is 23.6. The molecule has 1 aromatic carbocycles. The minimum Gasteiger partial charge on any atom is -0.378 e. The number of hydrogen-bond acceptors (Lipinski definition) is 5. The number of alkyl halides is 3. The Bertz CT molecular complexity index is 1000. The van der Waals surface area contributed by atoms with Crippen molar-refractivity contribution in [2.24, 2.45) is 5.92 Å². The average Bonchev–Trinajstić information content (AvgIpc) is 2.74. The molecule has 1 saturated carbocycles. The van der Waals surface area contributed by atoms with Crippen molar-refractivity contribution in [2.75, 3.05) is 38.2 Å². The number of halogens is 3. The van der Waals surface area contributed by atoms with Gasteiger partial charge in [0.25, 0.3) is 0 Å². The van der Waals surface area contributed by atoms with Gasteiger partial charge in [0, 0.05) is 51.2 Å². The van der Waals surface area contributed by atoms with Crippen molar-refractivity contribution in [3.05, 3.63) is 52.5 Å². The molecule has 0 radical (unpaired) electrons. The second-order valence-corrected chi connectivity index (χ2v) is 8.77. The monoisotopic (exact) mass is 462 g/mol. The van der Waals surface area contributed by atoms with E-state index in [2.05, 4.69) is 14.9 Å². The Balaban J connectivity index is 1.60. The average molecular weight is 463 g/mol. The van der Waals surface area contributed by atoms with E-state index < -0.39 is 11.7 Å². The predicted molar refractivity (Wildman–Crippen MR) is 118 cm³/mol. The van der Waals surface area contributed by atoms with Gasteiger partial charge in [0.1, 0.15) is 11.6 Å². The number of methoxy groups -OCH3 is 1. The third-order valence-electron chi connectivity index (χ3n) is 6.44. The van der Waals surface area contributed by atoms with Gasteiger partial charge < -0.3 is 14.5 Å². The summed E-state index contributed by atoms with van der Waals surface area (Å²) >= 11 is 0. The first-order valence-corrected chi connectivity index (χ1v) is 11.3. The molecule has 0 N–H and O–H groups in total. The van der Waals surface area contributed by atoms with Crippen LogP contribution in [0.4, 0.5) is 19.0 Å². The molecule has 178 valence electrons. The molecule has 1 aliphatic heterocycles. The highest BCUT2D eigenvalue weighted by atomic mass is 19.4. The van der Waals surface area contributed by atoms with Crippen molar-refractivity contribution < 1.29 is 22.7 Å². The van der Waals surface area contributed by atoms with Crippen molar-refractivity contribution in [2.45, 2.75) is 45.4 Å². The van der Waals surface area contributed by atoms with Crippen LogP contribution in [0.25, 0.3) is 0 Å². The fourth-order valence-corrected chi connectivity index (χ4v) is 4.45. The van der Waals surface area contributed by atoms with Crippen LogP contribution in [0, 0.1) is 12.8 Å². The minimum absolute atomic E-state index is 0.169. The summed E-state index contributed by atoms with van der Waals surface area (Å²) in [6, 6.07) is 5.36. The van der Waals surface area contributed by atoms with Crippen molar-refractivity contribution in [3.63, 3.8) is 0 Å². The van der Waals surface area contributed by atoms with Crippen molar-refractivity contribution >= 4 is 11.7 Å². The van der Waals surface area contributed by atoms with Gasteiger partial charge in [-0.15, -0.1) is 0 Å². The first kappa shape index (κ1) is 23.5. The molecule has 2 aliphatic rings. The van der Waals surface area contributed by atoms with Crippen molar-refractivity contribution in [1.29, 1.82) is 0 Å². The molecule has 0 atom stereocenters. The Morgan fingerprint density at radius 1 is 1.15 bits per heavy atom. The number of anilines is 1. The molecule has 2 fully saturated rings. The molecule has 1 aromatic heterocycles. The molecule has 0 spiro atoms. The number of benzene rings is 1. The number of aromatic nitrogens is 2. The van der Waals surface area contributed by atoms with Crippen LogP contribution in [0.3, 0.4) is 0 Å². The Morgan fingerprint density at radius 3 is 2.48 bits per heavy atom. The first-order valence-electron chi connectivity index (χ1n) is 11.3. The maximum atomic E-state index is 13.2. The number of carbonyl (C=O) groups is 1. The van der Waals surface area contributed by atoms with E-state index in [1.165, 1.54) is 12.1 Å². The van der Waals surface area contributed by atoms with E-state index in [9.17, 15) is 18.0 Å². The number of nitrogens with zero attached hydrogens (tertiary/aromatic N) is 4. The summed E-state index contributed by atoms with van der Waals surface area (Å²) in [5.74, 6) is 1.70. The predicted octanol–water partition coefficient (Wildman–Crippen LogP) is 3.99. The lowest BCUT2D eigenvalue weighted by molar-refractivity contribution is -0.138. The zero-order valence-corrected chi connectivity index (χ0v) is 19.0. The second-order valence-electron chi connectivity index (χ2n) is 8.77. The van der Waals surface area contributed by atoms with Gasteiger partial charge in [-0.05, 0) is 31.4 Å². The molecule has 0 unspecified atom stereocenters. The highest BCUT2D eigenvalue weighted by molar-refractivity contribution is 5.80. The van der Waals surface area contributed by atoms with Gasteiger partial charge in [-0.3, -0.25) is 4.79 Å². The summed E-state index contributed by atoms with van der Waals surface area (Å²) in [4.78, 5) is 25.8. The van der Waals surface area contributed by atoms with E-state index in [4.69, 9.17) is 4.74 Å². The quantitative estimate of drug-likeness (QED) is 0.650. The number of aryl methyl sites for hydroxylation is 1. The Kier molecular flexibility index (Phi) is 6.88. The normalized spacial score (nSPS) is 17.2. The van der Waals surface area contributed by atoms with Crippen LogP contribution in [0.1, 0.15) is 47.5 Å². The van der Waals surface area contributed by atoms with E-state index in [1.807, 2.05) is 4.90 Å². The molecule has 2 aromatic rings. The lowest BCUT2D eigenvalue weighted by atomic mass is 9.84. The van der Waals surface area contributed by atoms with Gasteiger partial charge in [-0.1, -0.05) is 24.6 Å². The second kappa shape index (κ2) is 9.67. The summed E-state index contributed by atoms with van der Waals surface area (Å²) in [6.07, 6.45) is -1.06. The lowest BCUT2D eigenvalue weighted by Gasteiger charge is -2.39. The Hall–Kier alpha value is -2.68. The van der Waals surface area contributed by atoms with E-state index >= 15 is 0 Å². The van der Waals surface area contributed by atoms with Crippen LogP contribution < -0.4 is 4.90 Å². The third kappa shape index (κ3) is 5.29.